The number of hydrogen-bond acceptors (Lipinski definition) is 5. The van der Waals surface area contributed by atoms with Gasteiger partial charge in [0.05, 0.1) is 0 Å². The lowest BCUT2D eigenvalue weighted by molar-refractivity contribution is 0.0943. The number of aromatic nitrogens is 2. The Morgan fingerprint density at radius 3 is 2.54 bits per heavy atom. The monoisotopic (exact) mass is 368 g/mol. The molecule has 0 fully saturated rings. The fraction of sp³-hybridized carbons (Fsp3) is 0.312. The van der Waals surface area contributed by atoms with Crippen molar-refractivity contribution in [2.24, 2.45) is 0 Å². The first kappa shape index (κ1) is 18.4. The number of nitrogens with zero attached hydrogens (tertiary/aromatic N) is 2. The molecule has 8 heteroatoms. The molecule has 2 rings (SSSR count). The van der Waals surface area contributed by atoms with Gasteiger partial charge in [0.25, 0.3) is 5.91 Å². The maximum Gasteiger partial charge on any atom is 0.270 e. The van der Waals surface area contributed by atoms with Crippen molar-refractivity contribution in [3.63, 3.8) is 0 Å². The highest BCUT2D eigenvalue weighted by Crippen LogP contribution is 2.24. The number of benzene rings is 1. The lowest BCUT2D eigenvalue weighted by Gasteiger charge is -2.09. The van der Waals surface area contributed by atoms with Crippen LogP contribution in [0.1, 0.15) is 22.6 Å². The highest BCUT2D eigenvalue weighted by Gasteiger charge is 2.11. The maximum atomic E-state index is 12.2. The first-order chi connectivity index (χ1) is 11.5. The van der Waals surface area contributed by atoms with Crippen LogP contribution in [0.3, 0.4) is 0 Å². The Morgan fingerprint density at radius 2 is 1.88 bits per heavy atom. The van der Waals surface area contributed by atoms with Crippen molar-refractivity contribution >= 4 is 40.7 Å². The third kappa shape index (κ3) is 5.63. The standard InChI is InChI=1S/C16H18Cl2N4O2/c1-10-6-14(15(23)19-4-3-5-24-2)22-16(20-10)21-13-8-11(17)7-12(18)9-13/h6-9H,3-5H2,1-2H3,(H,19,23)(H,20,21,22). The lowest BCUT2D eigenvalue weighted by Crippen LogP contribution is -2.26. The van der Waals surface area contributed by atoms with Crippen molar-refractivity contribution in [2.75, 3.05) is 25.6 Å². The third-order valence-electron chi connectivity index (χ3n) is 3.02. The van der Waals surface area contributed by atoms with E-state index in [2.05, 4.69) is 20.6 Å². The highest BCUT2D eigenvalue weighted by molar-refractivity contribution is 6.35. The minimum atomic E-state index is -0.260. The summed E-state index contributed by atoms with van der Waals surface area (Å²) < 4.78 is 4.94. The number of nitrogens with one attached hydrogen (secondary N) is 2. The summed E-state index contributed by atoms with van der Waals surface area (Å²) in [4.78, 5) is 20.7. The Labute approximate surface area is 150 Å². The van der Waals surface area contributed by atoms with Crippen LogP contribution in [0.25, 0.3) is 0 Å². The van der Waals surface area contributed by atoms with Gasteiger partial charge in [0, 0.05) is 41.7 Å². The Bertz CT molecular complexity index is 705. The van der Waals surface area contributed by atoms with Crippen LogP contribution in [-0.2, 0) is 4.74 Å². The molecule has 128 valence electrons. The smallest absolute Gasteiger partial charge is 0.270 e. The first-order valence-electron chi connectivity index (χ1n) is 7.34. The van der Waals surface area contributed by atoms with Crippen molar-refractivity contribution in [1.82, 2.24) is 15.3 Å². The van der Waals surface area contributed by atoms with Gasteiger partial charge < -0.3 is 15.4 Å². The lowest BCUT2D eigenvalue weighted by atomic mass is 10.3. The second-order valence-corrected chi connectivity index (χ2v) is 5.98. The quantitative estimate of drug-likeness (QED) is 0.730. The Morgan fingerprint density at radius 1 is 1.17 bits per heavy atom. The number of aryl methyl sites for hydroxylation is 1. The van der Waals surface area contributed by atoms with Crippen LogP contribution in [0.15, 0.2) is 24.3 Å². The van der Waals surface area contributed by atoms with Gasteiger partial charge in [0.2, 0.25) is 5.95 Å². The van der Waals surface area contributed by atoms with Crippen molar-refractivity contribution in [1.29, 1.82) is 0 Å². The minimum Gasteiger partial charge on any atom is -0.385 e. The van der Waals surface area contributed by atoms with Gasteiger partial charge in [-0.2, -0.15) is 0 Å². The molecule has 1 aromatic heterocycles. The predicted octanol–water partition coefficient (Wildman–Crippen LogP) is 3.60. The Hall–Kier alpha value is -1.89. The summed E-state index contributed by atoms with van der Waals surface area (Å²) >= 11 is 11.9. The molecule has 0 bridgehead atoms. The van der Waals surface area contributed by atoms with Crippen molar-refractivity contribution in [2.45, 2.75) is 13.3 Å². The molecule has 0 atom stereocenters. The van der Waals surface area contributed by atoms with Gasteiger partial charge in [0.1, 0.15) is 5.69 Å². The van der Waals surface area contributed by atoms with Gasteiger partial charge in [-0.15, -0.1) is 0 Å². The average molecular weight is 369 g/mol. The van der Waals surface area contributed by atoms with E-state index in [0.717, 1.165) is 6.42 Å². The molecule has 0 aliphatic rings. The zero-order chi connectivity index (χ0) is 17.5. The van der Waals surface area contributed by atoms with Crippen LogP contribution in [0.2, 0.25) is 10.0 Å². The summed E-state index contributed by atoms with van der Waals surface area (Å²) in [5, 5.41) is 6.79. The van der Waals surface area contributed by atoms with E-state index < -0.39 is 0 Å². The molecular weight excluding hydrogens is 351 g/mol. The molecule has 1 aromatic carbocycles. The molecule has 24 heavy (non-hydrogen) atoms. The van der Waals surface area contributed by atoms with Gasteiger partial charge in [-0.1, -0.05) is 23.2 Å². The number of carbonyl (C=O) groups is 1. The molecule has 0 radical (unpaired) electrons. The Kier molecular flexibility index (Phi) is 6.78. The van der Waals surface area contributed by atoms with Crippen LogP contribution >= 0.6 is 23.2 Å². The maximum absolute atomic E-state index is 12.2. The fourth-order valence-electron chi connectivity index (χ4n) is 2.00. The van der Waals surface area contributed by atoms with Gasteiger partial charge in [-0.25, -0.2) is 9.97 Å². The third-order valence-corrected chi connectivity index (χ3v) is 3.45. The number of methoxy groups -OCH3 is 1. The molecule has 1 amide bonds. The highest BCUT2D eigenvalue weighted by atomic mass is 35.5. The van der Waals surface area contributed by atoms with Gasteiger partial charge in [-0.05, 0) is 37.6 Å². The molecule has 2 aromatic rings. The van der Waals surface area contributed by atoms with Crippen LogP contribution in [-0.4, -0.2) is 36.1 Å². The zero-order valence-corrected chi connectivity index (χ0v) is 14.9. The first-order valence-corrected chi connectivity index (χ1v) is 8.09. The second-order valence-electron chi connectivity index (χ2n) is 5.10. The number of halogens is 2. The van der Waals surface area contributed by atoms with E-state index in [-0.39, 0.29) is 11.6 Å². The van der Waals surface area contributed by atoms with Crippen molar-refractivity contribution in [3.05, 3.63) is 45.7 Å². The topological polar surface area (TPSA) is 76.1 Å². The van der Waals surface area contributed by atoms with Gasteiger partial charge >= 0.3 is 0 Å². The second kappa shape index (κ2) is 8.82. The summed E-state index contributed by atoms with van der Waals surface area (Å²) in [7, 11) is 1.62. The predicted molar refractivity (Wildman–Crippen MR) is 95.3 cm³/mol. The number of carbonyl (C=O) groups excluding carboxylic acids is 1. The summed E-state index contributed by atoms with van der Waals surface area (Å²) in [6.45, 7) is 2.90. The van der Waals surface area contributed by atoms with Crippen LogP contribution in [0, 0.1) is 6.92 Å². The van der Waals surface area contributed by atoms with Gasteiger partial charge in [0.15, 0.2) is 0 Å². The van der Waals surface area contributed by atoms with Crippen LogP contribution < -0.4 is 10.6 Å². The van der Waals surface area contributed by atoms with E-state index in [0.29, 0.717) is 40.5 Å². The largest absolute Gasteiger partial charge is 0.385 e. The van der Waals surface area contributed by atoms with Crippen LogP contribution in [0.5, 0.6) is 0 Å². The van der Waals surface area contributed by atoms with E-state index in [1.807, 2.05) is 0 Å². The fourth-order valence-corrected chi connectivity index (χ4v) is 2.53. The van der Waals surface area contributed by atoms with E-state index in [1.165, 1.54) is 0 Å². The molecule has 0 aliphatic carbocycles. The summed E-state index contributed by atoms with van der Waals surface area (Å²) in [5.41, 5.74) is 1.60. The summed E-state index contributed by atoms with van der Waals surface area (Å²) in [6, 6.07) is 6.65. The molecule has 0 spiro atoms. The summed E-state index contributed by atoms with van der Waals surface area (Å²) in [5.74, 6) is 0.0409. The SMILES string of the molecule is COCCCNC(=O)c1cc(C)nc(Nc2cc(Cl)cc(Cl)c2)n1. The van der Waals surface area contributed by atoms with Gasteiger partial charge in [-0.3, -0.25) is 4.79 Å². The van der Waals surface area contributed by atoms with E-state index in [1.54, 1.807) is 38.3 Å². The van der Waals surface area contributed by atoms with Crippen molar-refractivity contribution in [3.8, 4) is 0 Å². The molecule has 2 N–H and O–H groups in total. The molecule has 6 nitrogen and oxygen atoms in total. The number of rotatable bonds is 7. The molecule has 0 aliphatic heterocycles. The van der Waals surface area contributed by atoms with Crippen molar-refractivity contribution < 1.29 is 9.53 Å². The average Bonchev–Trinajstić information content (AvgIpc) is 2.49. The molecule has 0 saturated heterocycles. The van der Waals surface area contributed by atoms with E-state index >= 15 is 0 Å². The molecular formula is C16H18Cl2N4O2. The molecule has 0 saturated carbocycles. The number of amides is 1. The minimum absolute atomic E-state index is 0.260. The van der Waals surface area contributed by atoms with E-state index in [9.17, 15) is 4.79 Å². The number of anilines is 2. The summed E-state index contributed by atoms with van der Waals surface area (Å²) in [6.07, 6.45) is 0.735. The van der Waals surface area contributed by atoms with Crippen LogP contribution in [0.4, 0.5) is 11.6 Å². The normalized spacial score (nSPS) is 10.5. The Balaban J connectivity index is 2.11. The number of hydrogen-bond donors (Lipinski definition) is 2. The number of ether oxygens (including phenoxy) is 1. The van der Waals surface area contributed by atoms with E-state index in [4.69, 9.17) is 27.9 Å². The zero-order valence-electron chi connectivity index (χ0n) is 13.4. The molecule has 0 unspecified atom stereocenters. The molecule has 1 heterocycles.